The van der Waals surface area contributed by atoms with E-state index in [2.05, 4.69) is 15.3 Å². The van der Waals surface area contributed by atoms with Gasteiger partial charge in [0.15, 0.2) is 0 Å². The topological polar surface area (TPSA) is 108 Å². The monoisotopic (exact) mass is 445 g/mol. The number of nitrogens with one attached hydrogen (secondary N) is 1. The van der Waals surface area contributed by atoms with Gasteiger partial charge in [-0.05, 0) is 43.2 Å². The largest absolute Gasteiger partial charge is 0.489 e. The summed E-state index contributed by atoms with van der Waals surface area (Å²) in [6, 6.07) is 10.5. The van der Waals surface area contributed by atoms with Crippen LogP contribution in [0.5, 0.6) is 5.75 Å². The summed E-state index contributed by atoms with van der Waals surface area (Å²) in [5, 5.41) is 11.7. The summed E-state index contributed by atoms with van der Waals surface area (Å²) in [6.45, 7) is 3.30. The highest BCUT2D eigenvalue weighted by Gasteiger charge is 2.31. The number of carbonyl (C=O) groups excluding carboxylic acids is 2. The number of nitrogens with zero attached hydrogens (tertiary/aromatic N) is 4. The van der Waals surface area contributed by atoms with Gasteiger partial charge >= 0.3 is 0 Å². The number of carbonyl (C=O) groups is 2. The Balaban J connectivity index is 1.58. The van der Waals surface area contributed by atoms with E-state index in [9.17, 15) is 14.0 Å². The van der Waals surface area contributed by atoms with Crippen molar-refractivity contribution in [1.82, 2.24) is 15.3 Å². The highest BCUT2D eigenvalue weighted by atomic mass is 19.1. The van der Waals surface area contributed by atoms with Crippen molar-refractivity contribution >= 4 is 17.5 Å². The normalized spacial score (nSPS) is 15.2. The predicted octanol–water partition coefficient (Wildman–Crippen LogP) is 2.93. The molecule has 0 radical (unpaired) electrons. The zero-order valence-corrected chi connectivity index (χ0v) is 18.2. The number of ether oxygens (including phenoxy) is 1. The second-order valence-corrected chi connectivity index (χ2v) is 7.72. The third-order valence-electron chi connectivity index (χ3n) is 5.41. The van der Waals surface area contributed by atoms with Crippen LogP contribution in [0.1, 0.15) is 27.3 Å². The molecule has 0 unspecified atom stereocenters. The van der Waals surface area contributed by atoms with E-state index >= 15 is 0 Å². The van der Waals surface area contributed by atoms with Crippen molar-refractivity contribution in [3.05, 3.63) is 70.9 Å². The zero-order valence-electron chi connectivity index (χ0n) is 18.2. The number of aromatic nitrogens is 2. The van der Waals surface area contributed by atoms with Crippen LogP contribution in [-0.4, -0.2) is 41.5 Å². The van der Waals surface area contributed by atoms with Crippen LogP contribution < -0.4 is 15.0 Å². The fourth-order valence-electron chi connectivity index (χ4n) is 3.48. The molecule has 1 atom stereocenters. The van der Waals surface area contributed by atoms with Crippen LogP contribution in [-0.2, 0) is 4.79 Å². The summed E-state index contributed by atoms with van der Waals surface area (Å²) in [7, 11) is 1.56. The molecule has 0 aliphatic carbocycles. The van der Waals surface area contributed by atoms with Crippen LogP contribution in [0, 0.1) is 31.0 Å². The fourth-order valence-corrected chi connectivity index (χ4v) is 3.48. The third kappa shape index (κ3) is 4.23. The van der Waals surface area contributed by atoms with E-state index in [4.69, 9.17) is 10.00 Å². The Labute approximate surface area is 189 Å². The lowest BCUT2D eigenvalue weighted by molar-refractivity contribution is -0.120. The minimum atomic E-state index is -0.995. The molecule has 1 N–H and O–H groups in total. The quantitative estimate of drug-likeness (QED) is 0.664. The fraction of sp³-hybridized carbons (Fsp3) is 0.208. The molecule has 33 heavy (non-hydrogen) atoms. The smallest absolute Gasteiger partial charge is 0.289 e. The molecule has 0 fully saturated rings. The first kappa shape index (κ1) is 21.9. The van der Waals surface area contributed by atoms with Gasteiger partial charge in [-0.2, -0.15) is 5.26 Å². The highest BCUT2D eigenvalue weighted by Crippen LogP contribution is 2.31. The van der Waals surface area contributed by atoms with Crippen molar-refractivity contribution in [2.75, 3.05) is 18.6 Å². The molecule has 166 valence electrons. The average Bonchev–Trinajstić information content (AvgIpc) is 2.93. The van der Waals surface area contributed by atoms with Gasteiger partial charge in [0.2, 0.25) is 5.82 Å². The molecule has 0 bridgehead atoms. The van der Waals surface area contributed by atoms with Crippen molar-refractivity contribution in [3.63, 3.8) is 0 Å². The summed E-state index contributed by atoms with van der Waals surface area (Å²) in [4.78, 5) is 35.6. The third-order valence-corrected chi connectivity index (χ3v) is 5.41. The van der Waals surface area contributed by atoms with E-state index in [0.717, 1.165) is 0 Å². The van der Waals surface area contributed by atoms with Crippen molar-refractivity contribution in [2.45, 2.75) is 19.9 Å². The van der Waals surface area contributed by atoms with E-state index in [1.165, 1.54) is 17.2 Å². The van der Waals surface area contributed by atoms with Crippen molar-refractivity contribution < 1.29 is 18.7 Å². The maximum atomic E-state index is 14.0. The Morgan fingerprint density at radius 2 is 2.03 bits per heavy atom. The molecule has 9 heteroatoms. The summed E-state index contributed by atoms with van der Waals surface area (Å²) < 4.78 is 19.8. The Bertz CT molecular complexity index is 1320. The number of rotatable bonds is 3. The molecule has 1 aliphatic heterocycles. The Morgan fingerprint density at radius 3 is 2.76 bits per heavy atom. The maximum Gasteiger partial charge on any atom is 0.289 e. The van der Waals surface area contributed by atoms with Crippen molar-refractivity contribution in [2.24, 2.45) is 0 Å². The Morgan fingerprint density at radius 1 is 1.24 bits per heavy atom. The van der Waals surface area contributed by atoms with E-state index < -0.39 is 11.9 Å². The number of fused-ring (bicyclic) bond motifs is 1. The molecule has 0 spiro atoms. The molecular weight excluding hydrogens is 425 g/mol. The van der Waals surface area contributed by atoms with Gasteiger partial charge in [-0.15, -0.1) is 0 Å². The Kier molecular flexibility index (Phi) is 5.75. The zero-order chi connectivity index (χ0) is 23.7. The molecule has 2 aromatic carbocycles. The molecule has 1 aliphatic rings. The summed E-state index contributed by atoms with van der Waals surface area (Å²) in [5.41, 5.74) is 3.00. The predicted molar refractivity (Wildman–Crippen MR) is 118 cm³/mol. The van der Waals surface area contributed by atoms with Gasteiger partial charge in [0.25, 0.3) is 11.8 Å². The molecule has 3 aromatic rings. The van der Waals surface area contributed by atoms with Crippen LogP contribution in [0.4, 0.5) is 10.1 Å². The lowest BCUT2D eigenvalue weighted by atomic mass is 10.1. The van der Waals surface area contributed by atoms with Gasteiger partial charge in [-0.25, -0.2) is 14.4 Å². The summed E-state index contributed by atoms with van der Waals surface area (Å²) >= 11 is 0. The number of hydrogen-bond acceptors (Lipinski definition) is 6. The van der Waals surface area contributed by atoms with Gasteiger partial charge in [0, 0.05) is 24.9 Å². The molecule has 2 amide bonds. The molecule has 4 rings (SSSR count). The number of benzene rings is 2. The first-order chi connectivity index (χ1) is 15.8. The average molecular weight is 445 g/mol. The molecule has 2 heterocycles. The number of anilines is 1. The molecule has 8 nitrogen and oxygen atoms in total. The van der Waals surface area contributed by atoms with Crippen LogP contribution in [0.3, 0.4) is 0 Å². The second kappa shape index (κ2) is 8.67. The minimum absolute atomic E-state index is 0.126. The van der Waals surface area contributed by atoms with E-state index in [1.807, 2.05) is 6.07 Å². The van der Waals surface area contributed by atoms with E-state index in [-0.39, 0.29) is 24.2 Å². The van der Waals surface area contributed by atoms with Crippen LogP contribution in [0.2, 0.25) is 0 Å². The van der Waals surface area contributed by atoms with Crippen LogP contribution in [0.25, 0.3) is 11.3 Å². The van der Waals surface area contributed by atoms with Gasteiger partial charge in [0.1, 0.15) is 24.2 Å². The highest BCUT2D eigenvalue weighted by molar-refractivity contribution is 6.02. The van der Waals surface area contributed by atoms with Crippen LogP contribution in [0.15, 0.2) is 42.6 Å². The number of aryl methyl sites for hydroxylation is 2. The van der Waals surface area contributed by atoms with Crippen molar-refractivity contribution in [3.8, 4) is 23.1 Å². The first-order valence-electron chi connectivity index (χ1n) is 10.1. The SMILES string of the molecule is Cc1ccc(-c2nc(C(=O)N[C@H]3COc4cc(C#N)ccc4N(C)C3=O)ncc2C)cc1F. The molecule has 0 saturated carbocycles. The van der Waals surface area contributed by atoms with E-state index in [1.54, 1.807) is 51.2 Å². The number of hydrogen-bond donors (Lipinski definition) is 1. The van der Waals surface area contributed by atoms with Gasteiger partial charge in [0.05, 0.1) is 23.0 Å². The molecule has 0 saturated heterocycles. The molecular formula is C24H20FN5O3. The van der Waals surface area contributed by atoms with E-state index in [0.29, 0.717) is 39.4 Å². The lowest BCUT2D eigenvalue weighted by Crippen LogP contribution is -2.49. The Hall–Kier alpha value is -4.32. The summed E-state index contributed by atoms with van der Waals surface area (Å²) in [5.74, 6) is -1.21. The minimum Gasteiger partial charge on any atom is -0.489 e. The number of amides is 2. The molecule has 1 aromatic heterocycles. The standard InChI is InChI=1S/C24H20FN5O3/c1-13-4-6-16(9-17(13)25)21-14(2)11-27-22(29-21)23(31)28-18-12-33-20-8-15(10-26)5-7-19(20)30(3)24(18)32/h4-9,11,18H,12H2,1-3H3,(H,28,31)/t18-/m0/s1. The van der Waals surface area contributed by atoms with Crippen LogP contribution >= 0.6 is 0 Å². The lowest BCUT2D eigenvalue weighted by Gasteiger charge is -2.20. The van der Waals surface area contributed by atoms with Gasteiger partial charge in [-0.1, -0.05) is 12.1 Å². The number of likely N-dealkylation sites (N-methyl/N-ethyl adjacent to an activating group) is 1. The van der Waals surface area contributed by atoms with Gasteiger partial charge in [-0.3, -0.25) is 9.59 Å². The first-order valence-corrected chi connectivity index (χ1v) is 10.1. The van der Waals surface area contributed by atoms with Crippen molar-refractivity contribution in [1.29, 1.82) is 5.26 Å². The summed E-state index contributed by atoms with van der Waals surface area (Å²) in [6.07, 6.45) is 1.48. The van der Waals surface area contributed by atoms with Gasteiger partial charge < -0.3 is 15.0 Å². The number of nitriles is 1. The second-order valence-electron chi connectivity index (χ2n) is 7.72. The number of halogens is 1. The maximum absolute atomic E-state index is 14.0.